The summed E-state index contributed by atoms with van der Waals surface area (Å²) in [5.74, 6) is 0.803. The standard InChI is InChI=1S/C27H39N5O4/c1-20-18-32(14-15-35-20)19-23-9-7-8-22(16-23)17-28-24(34)10-11-25-29-26(31-36-25)27(30-21(2)33)12-5-3-4-6-13-27/h7-9,16,20H,3-6,10-15,17-19H2,1-2H3,(H,28,34)(H,30,33). The van der Waals surface area contributed by atoms with Gasteiger partial charge in [-0.05, 0) is 30.9 Å². The highest BCUT2D eigenvalue weighted by Gasteiger charge is 2.38. The number of morpholine rings is 1. The number of ether oxygens (including phenoxy) is 1. The topological polar surface area (TPSA) is 110 Å². The van der Waals surface area contributed by atoms with Crippen LogP contribution in [0.5, 0.6) is 0 Å². The van der Waals surface area contributed by atoms with Gasteiger partial charge in [-0.15, -0.1) is 0 Å². The van der Waals surface area contributed by atoms with Gasteiger partial charge in [-0.25, -0.2) is 0 Å². The third kappa shape index (κ3) is 7.36. The molecule has 1 aliphatic heterocycles. The molecular formula is C27H39N5O4. The van der Waals surface area contributed by atoms with Crippen LogP contribution in [0.3, 0.4) is 0 Å². The zero-order valence-electron chi connectivity index (χ0n) is 21.6. The van der Waals surface area contributed by atoms with Crippen molar-refractivity contribution < 1.29 is 18.8 Å². The summed E-state index contributed by atoms with van der Waals surface area (Å²) in [5, 5.41) is 10.3. The lowest BCUT2D eigenvalue weighted by Crippen LogP contribution is -2.45. The van der Waals surface area contributed by atoms with Gasteiger partial charge in [0.1, 0.15) is 5.54 Å². The van der Waals surface area contributed by atoms with E-state index in [2.05, 4.69) is 44.7 Å². The van der Waals surface area contributed by atoms with Crippen LogP contribution in [0.2, 0.25) is 0 Å². The van der Waals surface area contributed by atoms with Crippen molar-refractivity contribution in [1.29, 1.82) is 0 Å². The Morgan fingerprint density at radius 1 is 1.17 bits per heavy atom. The van der Waals surface area contributed by atoms with Crippen LogP contribution in [0.25, 0.3) is 0 Å². The summed E-state index contributed by atoms with van der Waals surface area (Å²) < 4.78 is 11.1. The molecule has 1 aromatic carbocycles. The quantitative estimate of drug-likeness (QED) is 0.512. The van der Waals surface area contributed by atoms with Gasteiger partial charge in [-0.2, -0.15) is 4.98 Å². The summed E-state index contributed by atoms with van der Waals surface area (Å²) in [5.41, 5.74) is 1.74. The van der Waals surface area contributed by atoms with E-state index in [1.807, 2.05) is 12.1 Å². The van der Waals surface area contributed by atoms with Gasteiger partial charge in [0.25, 0.3) is 0 Å². The molecule has 2 fully saturated rings. The predicted octanol–water partition coefficient (Wildman–Crippen LogP) is 3.22. The van der Waals surface area contributed by atoms with Gasteiger partial charge in [0.2, 0.25) is 17.7 Å². The molecule has 1 saturated carbocycles. The molecule has 2 aliphatic rings. The fourth-order valence-corrected chi connectivity index (χ4v) is 5.26. The number of benzene rings is 1. The molecule has 2 aromatic rings. The maximum absolute atomic E-state index is 12.5. The maximum atomic E-state index is 12.5. The first-order chi connectivity index (χ1) is 17.4. The Morgan fingerprint density at radius 3 is 2.69 bits per heavy atom. The van der Waals surface area contributed by atoms with Crippen molar-refractivity contribution in [2.45, 2.75) is 89.9 Å². The second-order valence-corrected chi connectivity index (χ2v) is 10.2. The van der Waals surface area contributed by atoms with Gasteiger partial charge in [0, 0.05) is 45.9 Å². The summed E-state index contributed by atoms with van der Waals surface area (Å²) >= 11 is 0. The lowest BCUT2D eigenvalue weighted by atomic mass is 9.89. The van der Waals surface area contributed by atoms with Crippen molar-refractivity contribution in [2.24, 2.45) is 0 Å². The SMILES string of the molecule is CC(=O)NC1(c2noc(CCC(=O)NCc3cccc(CN4CCOC(C)C4)c3)n2)CCCCCC1. The average molecular weight is 498 g/mol. The van der Waals surface area contributed by atoms with Crippen molar-refractivity contribution in [2.75, 3.05) is 19.7 Å². The van der Waals surface area contributed by atoms with Crippen LogP contribution in [0.1, 0.15) is 81.6 Å². The van der Waals surface area contributed by atoms with Gasteiger partial charge < -0.3 is 19.9 Å². The average Bonchev–Trinajstić information content (AvgIpc) is 3.21. The molecule has 1 aliphatic carbocycles. The highest BCUT2D eigenvalue weighted by Crippen LogP contribution is 2.34. The number of hydrogen-bond acceptors (Lipinski definition) is 7. The van der Waals surface area contributed by atoms with Crippen molar-refractivity contribution >= 4 is 11.8 Å². The van der Waals surface area contributed by atoms with Crippen LogP contribution in [-0.2, 0) is 39.4 Å². The molecule has 0 bridgehead atoms. The van der Waals surface area contributed by atoms with E-state index >= 15 is 0 Å². The molecule has 1 aromatic heterocycles. The maximum Gasteiger partial charge on any atom is 0.227 e. The fraction of sp³-hybridized carbons (Fsp3) is 0.630. The molecule has 9 nitrogen and oxygen atoms in total. The van der Waals surface area contributed by atoms with Crippen molar-refractivity contribution in [1.82, 2.24) is 25.7 Å². The molecule has 2 N–H and O–H groups in total. The second-order valence-electron chi connectivity index (χ2n) is 10.2. The molecule has 4 rings (SSSR count). The number of aryl methyl sites for hydroxylation is 1. The summed E-state index contributed by atoms with van der Waals surface area (Å²) in [7, 11) is 0. The Bertz CT molecular complexity index is 1020. The van der Waals surface area contributed by atoms with E-state index in [0.29, 0.717) is 24.7 Å². The summed E-state index contributed by atoms with van der Waals surface area (Å²) in [6.07, 6.45) is 6.80. The van der Waals surface area contributed by atoms with E-state index in [4.69, 9.17) is 9.26 Å². The molecule has 196 valence electrons. The third-order valence-electron chi connectivity index (χ3n) is 7.05. The highest BCUT2D eigenvalue weighted by molar-refractivity contribution is 5.76. The summed E-state index contributed by atoms with van der Waals surface area (Å²) in [6.45, 7) is 7.63. The molecule has 2 amide bonds. The minimum atomic E-state index is -0.573. The van der Waals surface area contributed by atoms with E-state index in [-0.39, 0.29) is 24.3 Å². The molecule has 1 atom stereocenters. The van der Waals surface area contributed by atoms with Gasteiger partial charge in [0.15, 0.2) is 5.82 Å². The number of rotatable bonds is 9. The fourth-order valence-electron chi connectivity index (χ4n) is 5.26. The zero-order chi connectivity index (χ0) is 25.4. The van der Waals surface area contributed by atoms with Crippen LogP contribution in [0.15, 0.2) is 28.8 Å². The molecule has 2 heterocycles. The number of carbonyl (C=O) groups is 2. The lowest BCUT2D eigenvalue weighted by Gasteiger charge is -2.31. The molecular weight excluding hydrogens is 458 g/mol. The second kappa shape index (κ2) is 12.5. The first-order valence-electron chi connectivity index (χ1n) is 13.2. The number of nitrogens with one attached hydrogen (secondary N) is 2. The first kappa shape index (κ1) is 26.3. The molecule has 1 unspecified atom stereocenters. The highest BCUT2D eigenvalue weighted by atomic mass is 16.5. The van der Waals surface area contributed by atoms with Gasteiger partial charge in [-0.3, -0.25) is 14.5 Å². The van der Waals surface area contributed by atoms with Crippen molar-refractivity contribution in [3.8, 4) is 0 Å². The number of amides is 2. The number of nitrogens with zero attached hydrogens (tertiary/aromatic N) is 3. The van der Waals surface area contributed by atoms with Crippen LogP contribution in [0.4, 0.5) is 0 Å². The molecule has 1 saturated heterocycles. The van der Waals surface area contributed by atoms with Crippen LogP contribution in [-0.4, -0.2) is 52.7 Å². The van der Waals surface area contributed by atoms with Gasteiger partial charge in [0.05, 0.1) is 12.7 Å². The summed E-state index contributed by atoms with van der Waals surface area (Å²) in [4.78, 5) is 31.4. The summed E-state index contributed by atoms with van der Waals surface area (Å²) in [6, 6.07) is 8.35. The smallest absolute Gasteiger partial charge is 0.227 e. The van der Waals surface area contributed by atoms with E-state index in [1.54, 1.807) is 0 Å². The van der Waals surface area contributed by atoms with Gasteiger partial charge in [-0.1, -0.05) is 55.1 Å². The van der Waals surface area contributed by atoms with Crippen LogP contribution in [0, 0.1) is 0 Å². The number of aromatic nitrogens is 2. The van der Waals surface area contributed by atoms with Crippen molar-refractivity contribution in [3.05, 3.63) is 47.1 Å². The number of carbonyl (C=O) groups excluding carboxylic acids is 2. The van der Waals surface area contributed by atoms with E-state index < -0.39 is 5.54 Å². The minimum absolute atomic E-state index is 0.0619. The van der Waals surface area contributed by atoms with E-state index in [9.17, 15) is 9.59 Å². The van der Waals surface area contributed by atoms with E-state index in [0.717, 1.165) is 70.3 Å². The van der Waals surface area contributed by atoms with Gasteiger partial charge >= 0.3 is 0 Å². The zero-order valence-corrected chi connectivity index (χ0v) is 21.6. The predicted molar refractivity (Wildman–Crippen MR) is 135 cm³/mol. The minimum Gasteiger partial charge on any atom is -0.376 e. The van der Waals surface area contributed by atoms with Crippen LogP contribution >= 0.6 is 0 Å². The first-order valence-corrected chi connectivity index (χ1v) is 13.2. The Labute approximate surface area is 213 Å². The Hall–Kier alpha value is -2.78. The Balaban J connectivity index is 1.27. The van der Waals surface area contributed by atoms with Crippen LogP contribution < -0.4 is 10.6 Å². The van der Waals surface area contributed by atoms with Crippen molar-refractivity contribution in [3.63, 3.8) is 0 Å². The van der Waals surface area contributed by atoms with E-state index in [1.165, 1.54) is 12.5 Å². The monoisotopic (exact) mass is 497 g/mol. The molecule has 0 spiro atoms. The lowest BCUT2D eigenvalue weighted by molar-refractivity contribution is -0.122. The number of hydrogen-bond donors (Lipinski definition) is 2. The Morgan fingerprint density at radius 2 is 1.94 bits per heavy atom. The molecule has 36 heavy (non-hydrogen) atoms. The third-order valence-corrected chi connectivity index (χ3v) is 7.05. The molecule has 0 radical (unpaired) electrons. The Kier molecular flexibility index (Phi) is 9.09. The normalized spacial score (nSPS) is 20.4. The largest absolute Gasteiger partial charge is 0.376 e. The molecule has 9 heteroatoms.